The van der Waals surface area contributed by atoms with Crippen LogP contribution in [0.1, 0.15) is 34.6 Å². The Morgan fingerprint density at radius 1 is 1.26 bits per heavy atom. The summed E-state index contributed by atoms with van der Waals surface area (Å²) in [4.78, 5) is 26.8. The molecule has 0 aliphatic rings. The number of unbranched alkanes of at least 4 members (excludes halogenated alkanes) is 1. The van der Waals surface area contributed by atoms with Crippen LogP contribution < -0.4 is 22.6 Å². The van der Waals surface area contributed by atoms with Crippen molar-refractivity contribution in [3.63, 3.8) is 0 Å². The largest absolute Gasteiger partial charge is 0.416 e. The molecule has 2 rings (SSSR count). The second-order valence-electron chi connectivity index (χ2n) is 6.48. The lowest BCUT2D eigenvalue weighted by Crippen LogP contribution is -2.33. The highest BCUT2D eigenvalue weighted by molar-refractivity contribution is 5.92. The summed E-state index contributed by atoms with van der Waals surface area (Å²) >= 11 is 0. The zero-order valence-electron chi connectivity index (χ0n) is 16.3. The van der Waals surface area contributed by atoms with Gasteiger partial charge in [0.1, 0.15) is 5.70 Å². The van der Waals surface area contributed by atoms with Gasteiger partial charge >= 0.3 is 6.18 Å². The van der Waals surface area contributed by atoms with E-state index in [4.69, 9.17) is 17.3 Å². The molecule has 11 nitrogen and oxygen atoms in total. The number of hydrazine groups is 1. The highest BCUT2D eigenvalue weighted by Crippen LogP contribution is 2.28. The van der Waals surface area contributed by atoms with E-state index in [1.165, 1.54) is 22.1 Å². The van der Waals surface area contributed by atoms with Gasteiger partial charge in [-0.05, 0) is 25.0 Å². The molecule has 168 valence electrons. The first-order chi connectivity index (χ1) is 14.6. The van der Waals surface area contributed by atoms with Crippen molar-refractivity contribution in [3.8, 4) is 0 Å². The van der Waals surface area contributed by atoms with Gasteiger partial charge < -0.3 is 21.8 Å². The summed E-state index contributed by atoms with van der Waals surface area (Å²) in [5.74, 6) is 4.41. The van der Waals surface area contributed by atoms with E-state index in [1.807, 2.05) is 0 Å². The monoisotopic (exact) mass is 441 g/mol. The third-order valence-electron chi connectivity index (χ3n) is 3.99. The summed E-state index contributed by atoms with van der Waals surface area (Å²) in [6.07, 6.45) is 0.426. The summed E-state index contributed by atoms with van der Waals surface area (Å²) in [6.45, 7) is 0.616. The average Bonchev–Trinajstić information content (AvgIpc) is 3.18. The minimum atomic E-state index is -4.50. The summed E-state index contributed by atoms with van der Waals surface area (Å²) in [5, 5.41) is 11.0. The van der Waals surface area contributed by atoms with Crippen LogP contribution in [0.2, 0.25) is 0 Å². The fourth-order valence-electron chi connectivity index (χ4n) is 2.41. The molecule has 14 heteroatoms. The number of carbonyl (C=O) groups excluding carboxylic acids is 2. The standard InChI is InChI=1S/C17H22F3N9O2/c18-17(19,20)11-3-4-24-12(7-11)8-25-16(31)13(21)9-28(23)5-1-2-6-29-10-14(15(22)30)26-27-29/h3-4,7,9-10H,1-2,5-6,8,21,23H2,(H2,22,30)(H,25,31)/b13-9-. The van der Waals surface area contributed by atoms with Gasteiger partial charge in [-0.25, -0.2) is 5.84 Å². The van der Waals surface area contributed by atoms with E-state index in [0.717, 1.165) is 18.3 Å². The highest BCUT2D eigenvalue weighted by atomic mass is 19.4. The predicted octanol–water partition coefficient (Wildman–Crippen LogP) is -0.137. The Morgan fingerprint density at radius 3 is 2.65 bits per heavy atom. The minimum Gasteiger partial charge on any atom is -0.393 e. The molecular weight excluding hydrogens is 419 g/mol. The van der Waals surface area contributed by atoms with Gasteiger partial charge in [-0.3, -0.25) is 19.3 Å². The van der Waals surface area contributed by atoms with Gasteiger partial charge in [0.25, 0.3) is 11.8 Å². The van der Waals surface area contributed by atoms with E-state index < -0.39 is 23.6 Å². The van der Waals surface area contributed by atoms with E-state index in [2.05, 4.69) is 20.6 Å². The number of nitrogens with one attached hydrogen (secondary N) is 1. The molecule has 7 N–H and O–H groups in total. The number of hydrogen-bond donors (Lipinski definition) is 4. The lowest BCUT2D eigenvalue weighted by atomic mass is 10.2. The molecule has 31 heavy (non-hydrogen) atoms. The normalized spacial score (nSPS) is 11.9. The Labute approximate surface area is 175 Å². The summed E-state index contributed by atoms with van der Waals surface area (Å²) < 4.78 is 39.6. The molecule has 0 aliphatic carbocycles. The molecule has 2 aromatic rings. The van der Waals surface area contributed by atoms with Crippen LogP contribution in [0.5, 0.6) is 0 Å². The highest BCUT2D eigenvalue weighted by Gasteiger charge is 2.30. The number of aryl methyl sites for hydroxylation is 1. The zero-order chi connectivity index (χ0) is 23.0. The molecule has 0 spiro atoms. The molecule has 0 unspecified atom stereocenters. The Kier molecular flexibility index (Phi) is 7.90. The van der Waals surface area contributed by atoms with Crippen LogP contribution in [-0.2, 0) is 24.1 Å². The molecule has 0 fully saturated rings. The number of aromatic nitrogens is 4. The van der Waals surface area contributed by atoms with Crippen LogP contribution in [0, 0.1) is 0 Å². The Morgan fingerprint density at radius 2 is 2.00 bits per heavy atom. The fourth-order valence-corrected chi connectivity index (χ4v) is 2.41. The third-order valence-corrected chi connectivity index (χ3v) is 3.99. The molecule has 0 atom stereocenters. The fraction of sp³-hybridized carbons (Fsp3) is 0.353. The van der Waals surface area contributed by atoms with Gasteiger partial charge in [0.15, 0.2) is 5.69 Å². The van der Waals surface area contributed by atoms with Gasteiger partial charge in [0.2, 0.25) is 0 Å². The molecule has 2 heterocycles. The molecule has 0 aliphatic heterocycles. The number of carbonyl (C=O) groups is 2. The Balaban J connectivity index is 1.75. The predicted molar refractivity (Wildman–Crippen MR) is 102 cm³/mol. The minimum absolute atomic E-state index is 0.0354. The van der Waals surface area contributed by atoms with Crippen molar-refractivity contribution >= 4 is 11.8 Å². The number of alkyl halides is 3. The van der Waals surface area contributed by atoms with Crippen LogP contribution in [0.25, 0.3) is 0 Å². The summed E-state index contributed by atoms with van der Waals surface area (Å²) in [6, 6.07) is 1.68. The Bertz CT molecular complexity index is 943. The van der Waals surface area contributed by atoms with Crippen molar-refractivity contribution in [2.24, 2.45) is 17.3 Å². The second kappa shape index (κ2) is 10.4. The van der Waals surface area contributed by atoms with E-state index in [0.29, 0.717) is 25.9 Å². The third kappa shape index (κ3) is 7.58. The van der Waals surface area contributed by atoms with Crippen LogP contribution in [0.3, 0.4) is 0 Å². The lowest BCUT2D eigenvalue weighted by Gasteiger charge is -2.15. The van der Waals surface area contributed by atoms with Crippen molar-refractivity contribution in [2.45, 2.75) is 32.1 Å². The summed E-state index contributed by atoms with van der Waals surface area (Å²) in [7, 11) is 0. The molecule has 0 aromatic carbocycles. The molecule has 0 saturated carbocycles. The number of amides is 2. The quantitative estimate of drug-likeness (QED) is 0.171. The topological polar surface area (TPSA) is 171 Å². The summed E-state index contributed by atoms with van der Waals surface area (Å²) in [5.41, 5.74) is 9.80. The maximum atomic E-state index is 12.7. The van der Waals surface area contributed by atoms with Crippen molar-refractivity contribution in [2.75, 3.05) is 6.54 Å². The molecule has 0 radical (unpaired) electrons. The molecular formula is C17H22F3N9O2. The van der Waals surface area contributed by atoms with E-state index in [9.17, 15) is 22.8 Å². The van der Waals surface area contributed by atoms with Crippen LogP contribution >= 0.6 is 0 Å². The molecule has 0 saturated heterocycles. The number of primary amides is 1. The van der Waals surface area contributed by atoms with Gasteiger partial charge in [0, 0.05) is 25.5 Å². The van der Waals surface area contributed by atoms with E-state index in [-0.39, 0.29) is 23.6 Å². The van der Waals surface area contributed by atoms with E-state index in [1.54, 1.807) is 0 Å². The number of nitrogens with zero attached hydrogens (tertiary/aromatic N) is 5. The molecule has 2 aromatic heterocycles. The van der Waals surface area contributed by atoms with Gasteiger partial charge in [-0.2, -0.15) is 13.2 Å². The van der Waals surface area contributed by atoms with Crippen molar-refractivity contribution < 1.29 is 22.8 Å². The van der Waals surface area contributed by atoms with Crippen LogP contribution in [-0.4, -0.2) is 43.3 Å². The number of pyridine rings is 1. The van der Waals surface area contributed by atoms with Gasteiger partial charge in [-0.15, -0.1) is 5.10 Å². The first kappa shape index (κ1) is 23.6. The SMILES string of the molecule is NC(=O)c1cn(CCCCN(N)/C=C(\N)C(=O)NCc2cc(C(F)(F)F)ccn2)nn1. The van der Waals surface area contributed by atoms with Crippen LogP contribution in [0.4, 0.5) is 13.2 Å². The van der Waals surface area contributed by atoms with Crippen molar-refractivity contribution in [3.05, 3.63) is 53.4 Å². The number of nitrogens with two attached hydrogens (primary N) is 3. The van der Waals surface area contributed by atoms with Gasteiger partial charge in [-0.1, -0.05) is 5.21 Å². The van der Waals surface area contributed by atoms with Crippen molar-refractivity contribution in [1.82, 2.24) is 30.3 Å². The maximum Gasteiger partial charge on any atom is 0.416 e. The number of halogens is 3. The van der Waals surface area contributed by atoms with E-state index >= 15 is 0 Å². The smallest absolute Gasteiger partial charge is 0.393 e. The average molecular weight is 441 g/mol. The Hall–Kier alpha value is -3.68. The second-order valence-corrected chi connectivity index (χ2v) is 6.48. The maximum absolute atomic E-state index is 12.7. The molecule has 0 bridgehead atoms. The number of hydrogen-bond acceptors (Lipinski definition) is 8. The molecule has 2 amide bonds. The first-order valence-corrected chi connectivity index (χ1v) is 9.05. The van der Waals surface area contributed by atoms with Crippen molar-refractivity contribution in [1.29, 1.82) is 0 Å². The lowest BCUT2D eigenvalue weighted by molar-refractivity contribution is -0.137. The first-order valence-electron chi connectivity index (χ1n) is 9.05. The van der Waals surface area contributed by atoms with Crippen LogP contribution in [0.15, 0.2) is 36.4 Å². The zero-order valence-corrected chi connectivity index (χ0v) is 16.3. The number of rotatable bonds is 10. The van der Waals surface area contributed by atoms with Gasteiger partial charge in [0.05, 0.1) is 24.0 Å².